The molecule has 0 spiro atoms. The fourth-order valence-electron chi connectivity index (χ4n) is 2.72. The van der Waals surface area contributed by atoms with Gasteiger partial charge in [-0.1, -0.05) is 12.1 Å². The predicted octanol–water partition coefficient (Wildman–Crippen LogP) is 1.57. The number of nitrogens with one attached hydrogen (secondary N) is 1. The molecular weight excluding hydrogens is 250 g/mol. The van der Waals surface area contributed by atoms with Crippen molar-refractivity contribution in [1.82, 2.24) is 15.1 Å². The lowest BCUT2D eigenvalue weighted by Gasteiger charge is -2.32. The van der Waals surface area contributed by atoms with Crippen molar-refractivity contribution in [2.24, 2.45) is 0 Å². The van der Waals surface area contributed by atoms with E-state index in [0.717, 1.165) is 38.0 Å². The maximum absolute atomic E-state index is 12.5. The Morgan fingerprint density at radius 1 is 1.35 bits per heavy atom. The highest BCUT2D eigenvalue weighted by Crippen LogP contribution is 2.15. The minimum absolute atomic E-state index is 0.167. The van der Waals surface area contributed by atoms with E-state index in [1.165, 1.54) is 5.56 Å². The molecule has 0 radical (unpaired) electrons. The first-order valence-corrected chi connectivity index (χ1v) is 7.30. The Morgan fingerprint density at radius 3 is 2.65 bits per heavy atom. The molecule has 0 atom stereocenters. The molecule has 0 unspecified atom stereocenters. The molecule has 2 rings (SSSR count). The van der Waals surface area contributed by atoms with Crippen LogP contribution in [0.25, 0.3) is 0 Å². The Bertz CT molecular complexity index is 451. The second-order valence-corrected chi connectivity index (χ2v) is 5.79. The highest BCUT2D eigenvalue weighted by Gasteiger charge is 2.22. The van der Waals surface area contributed by atoms with Crippen molar-refractivity contribution in [1.29, 1.82) is 0 Å². The van der Waals surface area contributed by atoms with Crippen LogP contribution in [-0.4, -0.2) is 56.0 Å². The number of hydrogen-bond acceptors (Lipinski definition) is 3. The Morgan fingerprint density at radius 2 is 2.05 bits per heavy atom. The van der Waals surface area contributed by atoms with E-state index in [2.05, 4.69) is 16.3 Å². The summed E-state index contributed by atoms with van der Waals surface area (Å²) in [7, 11) is 6.07. The zero-order valence-corrected chi connectivity index (χ0v) is 12.7. The molecule has 1 aliphatic rings. The summed E-state index contributed by atoms with van der Waals surface area (Å²) in [6, 6.07) is 8.55. The van der Waals surface area contributed by atoms with Gasteiger partial charge in [-0.15, -0.1) is 0 Å². The number of carbonyl (C=O) groups is 1. The van der Waals surface area contributed by atoms with Crippen LogP contribution in [0.15, 0.2) is 24.3 Å². The molecule has 1 heterocycles. The Hall–Kier alpha value is -1.39. The van der Waals surface area contributed by atoms with Crippen molar-refractivity contribution in [3.8, 4) is 0 Å². The first-order valence-electron chi connectivity index (χ1n) is 7.30. The summed E-state index contributed by atoms with van der Waals surface area (Å²) in [4.78, 5) is 16.6. The zero-order valence-electron chi connectivity index (χ0n) is 12.7. The highest BCUT2D eigenvalue weighted by molar-refractivity contribution is 5.94. The molecule has 4 heteroatoms. The summed E-state index contributed by atoms with van der Waals surface area (Å²) < 4.78 is 0. The van der Waals surface area contributed by atoms with E-state index >= 15 is 0 Å². The standard InChI is InChI=1S/C16H25N3O/c1-17-15-7-9-19(10-8-15)16(20)14-6-4-5-13(11-14)12-18(2)3/h4-6,11,15,17H,7-10,12H2,1-3H3. The molecule has 0 aliphatic carbocycles. The van der Waals surface area contributed by atoms with Crippen molar-refractivity contribution in [2.75, 3.05) is 34.2 Å². The average Bonchev–Trinajstić information content (AvgIpc) is 2.46. The largest absolute Gasteiger partial charge is 0.339 e. The van der Waals surface area contributed by atoms with Crippen LogP contribution >= 0.6 is 0 Å². The van der Waals surface area contributed by atoms with Crippen molar-refractivity contribution in [3.05, 3.63) is 35.4 Å². The van der Waals surface area contributed by atoms with E-state index in [0.29, 0.717) is 6.04 Å². The van der Waals surface area contributed by atoms with Crippen LogP contribution < -0.4 is 5.32 Å². The van der Waals surface area contributed by atoms with E-state index in [1.807, 2.05) is 44.2 Å². The fraction of sp³-hybridized carbons (Fsp3) is 0.562. The molecular formula is C16H25N3O. The molecule has 0 aromatic heterocycles. The van der Waals surface area contributed by atoms with Crippen LogP contribution in [0, 0.1) is 0 Å². The summed E-state index contributed by atoms with van der Waals surface area (Å²) in [6.45, 7) is 2.56. The lowest BCUT2D eigenvalue weighted by Crippen LogP contribution is -2.43. The van der Waals surface area contributed by atoms with Crippen molar-refractivity contribution in [2.45, 2.75) is 25.4 Å². The van der Waals surface area contributed by atoms with E-state index in [1.54, 1.807) is 0 Å². The number of rotatable bonds is 4. The quantitative estimate of drug-likeness (QED) is 0.906. The van der Waals surface area contributed by atoms with Crippen LogP contribution in [0.1, 0.15) is 28.8 Å². The third-order valence-corrected chi connectivity index (χ3v) is 3.86. The van der Waals surface area contributed by atoms with Gasteiger partial charge in [0.15, 0.2) is 0 Å². The average molecular weight is 275 g/mol. The molecule has 1 aromatic rings. The van der Waals surface area contributed by atoms with Crippen LogP contribution in [-0.2, 0) is 6.54 Å². The van der Waals surface area contributed by atoms with Gasteiger partial charge in [0, 0.05) is 31.2 Å². The molecule has 110 valence electrons. The van der Waals surface area contributed by atoms with Crippen LogP contribution in [0.4, 0.5) is 0 Å². The van der Waals surface area contributed by atoms with Crippen LogP contribution in [0.3, 0.4) is 0 Å². The Kier molecular flexibility index (Phi) is 5.15. The van der Waals surface area contributed by atoms with E-state index in [4.69, 9.17) is 0 Å². The van der Waals surface area contributed by atoms with Gasteiger partial charge in [-0.25, -0.2) is 0 Å². The third-order valence-electron chi connectivity index (χ3n) is 3.86. The maximum atomic E-state index is 12.5. The molecule has 0 saturated carbocycles. The number of nitrogens with zero attached hydrogens (tertiary/aromatic N) is 2. The number of amides is 1. The smallest absolute Gasteiger partial charge is 0.253 e. The Labute approximate surface area is 121 Å². The second kappa shape index (κ2) is 6.86. The zero-order chi connectivity index (χ0) is 14.5. The van der Waals surface area contributed by atoms with Gasteiger partial charge in [0.25, 0.3) is 5.91 Å². The van der Waals surface area contributed by atoms with Gasteiger partial charge in [0.2, 0.25) is 0 Å². The molecule has 20 heavy (non-hydrogen) atoms. The van der Waals surface area contributed by atoms with Gasteiger partial charge in [0.05, 0.1) is 0 Å². The molecule has 0 bridgehead atoms. The fourth-order valence-corrected chi connectivity index (χ4v) is 2.72. The summed E-state index contributed by atoms with van der Waals surface area (Å²) in [5, 5.41) is 3.29. The van der Waals surface area contributed by atoms with Crippen molar-refractivity contribution >= 4 is 5.91 Å². The summed E-state index contributed by atoms with van der Waals surface area (Å²) in [6.07, 6.45) is 2.08. The lowest BCUT2D eigenvalue weighted by atomic mass is 10.0. The van der Waals surface area contributed by atoms with E-state index in [-0.39, 0.29) is 5.91 Å². The second-order valence-electron chi connectivity index (χ2n) is 5.79. The maximum Gasteiger partial charge on any atom is 0.253 e. The molecule has 1 aliphatic heterocycles. The lowest BCUT2D eigenvalue weighted by molar-refractivity contribution is 0.0707. The minimum atomic E-state index is 0.167. The first-order chi connectivity index (χ1) is 9.60. The van der Waals surface area contributed by atoms with Gasteiger partial charge in [0.1, 0.15) is 0 Å². The molecule has 1 saturated heterocycles. The summed E-state index contributed by atoms with van der Waals surface area (Å²) in [5.74, 6) is 0.167. The number of carbonyl (C=O) groups excluding carboxylic acids is 1. The molecule has 1 fully saturated rings. The van der Waals surface area contributed by atoms with E-state index < -0.39 is 0 Å². The van der Waals surface area contributed by atoms with E-state index in [9.17, 15) is 4.79 Å². The SMILES string of the molecule is CNC1CCN(C(=O)c2cccc(CN(C)C)c2)CC1. The number of benzene rings is 1. The van der Waals surface area contributed by atoms with Gasteiger partial charge in [-0.3, -0.25) is 4.79 Å². The minimum Gasteiger partial charge on any atom is -0.339 e. The topological polar surface area (TPSA) is 35.6 Å². The highest BCUT2D eigenvalue weighted by atomic mass is 16.2. The summed E-state index contributed by atoms with van der Waals surface area (Å²) >= 11 is 0. The molecule has 4 nitrogen and oxygen atoms in total. The predicted molar refractivity (Wildman–Crippen MR) is 81.8 cm³/mol. The Balaban J connectivity index is 2.02. The monoisotopic (exact) mass is 275 g/mol. The van der Waals surface area contributed by atoms with Gasteiger partial charge in [-0.05, 0) is 51.7 Å². The number of likely N-dealkylation sites (tertiary alicyclic amines) is 1. The van der Waals surface area contributed by atoms with Crippen molar-refractivity contribution < 1.29 is 4.79 Å². The molecule has 1 aromatic carbocycles. The third kappa shape index (κ3) is 3.81. The molecule has 1 amide bonds. The van der Waals surface area contributed by atoms with Gasteiger partial charge < -0.3 is 15.1 Å². The van der Waals surface area contributed by atoms with Gasteiger partial charge >= 0.3 is 0 Å². The van der Waals surface area contributed by atoms with Crippen LogP contribution in [0.5, 0.6) is 0 Å². The summed E-state index contributed by atoms with van der Waals surface area (Å²) in [5.41, 5.74) is 2.00. The molecule has 1 N–H and O–H groups in total. The van der Waals surface area contributed by atoms with Gasteiger partial charge in [-0.2, -0.15) is 0 Å². The normalized spacial score (nSPS) is 16.7. The van der Waals surface area contributed by atoms with Crippen LogP contribution in [0.2, 0.25) is 0 Å². The number of piperidine rings is 1. The number of hydrogen-bond donors (Lipinski definition) is 1. The first kappa shape index (κ1) is 15.0. The van der Waals surface area contributed by atoms with Crippen molar-refractivity contribution in [3.63, 3.8) is 0 Å².